The Morgan fingerprint density at radius 3 is 2.72 bits per heavy atom. The predicted octanol–water partition coefficient (Wildman–Crippen LogP) is 4.98. The lowest BCUT2D eigenvalue weighted by Gasteiger charge is -2.11. The van der Waals surface area contributed by atoms with Gasteiger partial charge in [0.15, 0.2) is 0 Å². The average Bonchev–Trinajstić information content (AvgIpc) is 2.94. The van der Waals surface area contributed by atoms with Crippen LogP contribution < -0.4 is 0 Å². The highest BCUT2D eigenvalue weighted by atomic mass is 79.9. The first kappa shape index (κ1) is 17.7. The van der Waals surface area contributed by atoms with Gasteiger partial charge in [0.2, 0.25) is 0 Å². The number of nitrogens with zero attached hydrogens (tertiary/aromatic N) is 2. The van der Waals surface area contributed by atoms with Crippen molar-refractivity contribution in [3.8, 4) is 0 Å². The highest BCUT2D eigenvalue weighted by molar-refractivity contribution is 9.10. The molecule has 2 aromatic carbocycles. The van der Waals surface area contributed by atoms with Gasteiger partial charge in [0.05, 0.1) is 29.7 Å². The van der Waals surface area contributed by atoms with Crippen LogP contribution >= 0.6 is 15.9 Å². The third-order valence-electron chi connectivity index (χ3n) is 4.10. The molecule has 3 rings (SSSR count). The second kappa shape index (κ2) is 7.83. The molecule has 0 atom stereocenters. The van der Waals surface area contributed by atoms with Crippen molar-refractivity contribution in [2.24, 2.45) is 0 Å². The molecule has 1 aromatic heterocycles. The number of aryl methyl sites for hydroxylation is 1. The fraction of sp³-hybridized carbons (Fsp3) is 0.300. The molecule has 0 amide bonds. The van der Waals surface area contributed by atoms with Gasteiger partial charge in [0.25, 0.3) is 0 Å². The van der Waals surface area contributed by atoms with Crippen molar-refractivity contribution < 1.29 is 9.53 Å². The number of aromatic nitrogens is 2. The number of benzene rings is 2. The monoisotopic (exact) mass is 400 g/mol. The maximum Gasteiger partial charge on any atom is 0.338 e. The largest absolute Gasteiger partial charge is 0.462 e. The number of ether oxygens (including phenoxy) is 1. The maximum absolute atomic E-state index is 12.1. The zero-order valence-electron chi connectivity index (χ0n) is 14.5. The number of rotatable bonds is 6. The van der Waals surface area contributed by atoms with E-state index in [1.807, 2.05) is 37.3 Å². The van der Waals surface area contributed by atoms with Gasteiger partial charge < -0.3 is 9.30 Å². The highest BCUT2D eigenvalue weighted by Crippen LogP contribution is 2.24. The molecule has 3 aromatic rings. The van der Waals surface area contributed by atoms with Crippen molar-refractivity contribution in [1.29, 1.82) is 0 Å². The summed E-state index contributed by atoms with van der Waals surface area (Å²) < 4.78 is 8.40. The molecule has 0 aliphatic heterocycles. The van der Waals surface area contributed by atoms with E-state index in [0.717, 1.165) is 34.2 Å². The van der Waals surface area contributed by atoms with Crippen molar-refractivity contribution in [3.63, 3.8) is 0 Å². The van der Waals surface area contributed by atoms with E-state index in [2.05, 4.69) is 33.5 Å². The van der Waals surface area contributed by atoms with E-state index >= 15 is 0 Å². The maximum atomic E-state index is 12.1. The van der Waals surface area contributed by atoms with E-state index in [4.69, 9.17) is 9.72 Å². The highest BCUT2D eigenvalue weighted by Gasteiger charge is 2.15. The minimum atomic E-state index is -0.296. The molecule has 5 heteroatoms. The molecule has 0 bridgehead atoms. The Hall–Kier alpha value is -2.14. The van der Waals surface area contributed by atoms with Gasteiger partial charge in [-0.25, -0.2) is 9.78 Å². The SMILES string of the molecule is CCCc1nc2ccc(C(=O)OCC)cc2n1Cc1ccccc1Br. The first-order valence-corrected chi connectivity index (χ1v) is 9.33. The normalized spacial score (nSPS) is 11.0. The van der Waals surface area contributed by atoms with Gasteiger partial charge in [-0.15, -0.1) is 0 Å². The number of fused-ring (bicyclic) bond motifs is 1. The van der Waals surface area contributed by atoms with Crippen molar-refractivity contribution in [2.75, 3.05) is 6.61 Å². The summed E-state index contributed by atoms with van der Waals surface area (Å²) >= 11 is 3.62. The summed E-state index contributed by atoms with van der Waals surface area (Å²) in [7, 11) is 0. The third-order valence-corrected chi connectivity index (χ3v) is 4.87. The van der Waals surface area contributed by atoms with E-state index in [0.29, 0.717) is 18.7 Å². The van der Waals surface area contributed by atoms with Crippen molar-refractivity contribution in [3.05, 3.63) is 63.9 Å². The fourth-order valence-corrected chi connectivity index (χ4v) is 3.31. The number of carbonyl (C=O) groups is 1. The second-order valence-corrected chi connectivity index (χ2v) is 6.73. The molecule has 0 saturated heterocycles. The standard InChI is InChI=1S/C20H21BrN2O2/c1-3-7-19-22-17-11-10-14(20(24)25-4-2)12-18(17)23(19)13-15-8-5-6-9-16(15)21/h5-6,8-12H,3-4,7,13H2,1-2H3. The summed E-state index contributed by atoms with van der Waals surface area (Å²) in [6, 6.07) is 13.7. The lowest BCUT2D eigenvalue weighted by atomic mass is 10.2. The molecule has 0 unspecified atom stereocenters. The van der Waals surface area contributed by atoms with Crippen LogP contribution in [-0.4, -0.2) is 22.1 Å². The topological polar surface area (TPSA) is 44.1 Å². The Kier molecular flexibility index (Phi) is 5.53. The number of imidazole rings is 1. The summed E-state index contributed by atoms with van der Waals surface area (Å²) in [4.78, 5) is 16.9. The molecule has 130 valence electrons. The molecule has 1 heterocycles. The lowest BCUT2D eigenvalue weighted by Crippen LogP contribution is -2.07. The van der Waals surface area contributed by atoms with E-state index in [1.165, 1.54) is 5.56 Å². The van der Waals surface area contributed by atoms with Crippen LogP contribution in [0.5, 0.6) is 0 Å². The van der Waals surface area contributed by atoms with Gasteiger partial charge in [0, 0.05) is 10.9 Å². The Morgan fingerprint density at radius 1 is 1.20 bits per heavy atom. The molecule has 0 spiro atoms. The zero-order chi connectivity index (χ0) is 17.8. The molecular formula is C20H21BrN2O2. The Bertz CT molecular complexity index is 902. The summed E-state index contributed by atoms with van der Waals surface area (Å²) in [5, 5.41) is 0. The number of carbonyl (C=O) groups excluding carboxylic acids is 1. The first-order valence-electron chi connectivity index (χ1n) is 8.53. The fourth-order valence-electron chi connectivity index (χ4n) is 2.90. The van der Waals surface area contributed by atoms with Gasteiger partial charge >= 0.3 is 5.97 Å². The quantitative estimate of drug-likeness (QED) is 0.548. The molecule has 0 N–H and O–H groups in total. The summed E-state index contributed by atoms with van der Waals surface area (Å²) in [6.07, 6.45) is 1.91. The van der Waals surface area contributed by atoms with Crippen LogP contribution in [0.2, 0.25) is 0 Å². The average molecular weight is 401 g/mol. The van der Waals surface area contributed by atoms with E-state index in [-0.39, 0.29) is 5.97 Å². The number of halogens is 1. The van der Waals surface area contributed by atoms with Crippen LogP contribution in [0.1, 0.15) is 42.0 Å². The smallest absolute Gasteiger partial charge is 0.338 e. The van der Waals surface area contributed by atoms with Crippen molar-refractivity contribution in [2.45, 2.75) is 33.2 Å². The molecule has 4 nitrogen and oxygen atoms in total. The Morgan fingerprint density at radius 2 is 2.00 bits per heavy atom. The van der Waals surface area contributed by atoms with Gasteiger partial charge in [-0.2, -0.15) is 0 Å². The van der Waals surface area contributed by atoms with Gasteiger partial charge in [0.1, 0.15) is 5.82 Å². The van der Waals surface area contributed by atoms with Gasteiger partial charge in [-0.1, -0.05) is 41.1 Å². The molecule has 0 radical (unpaired) electrons. The van der Waals surface area contributed by atoms with Crippen LogP contribution in [0.15, 0.2) is 46.9 Å². The minimum absolute atomic E-state index is 0.296. The van der Waals surface area contributed by atoms with E-state index in [9.17, 15) is 4.79 Å². The summed E-state index contributed by atoms with van der Waals surface area (Å²) in [6.45, 7) is 5.03. The third kappa shape index (κ3) is 3.76. The molecule has 0 aliphatic rings. The Balaban J connectivity index is 2.09. The number of esters is 1. The summed E-state index contributed by atoms with van der Waals surface area (Å²) in [5.74, 6) is 0.740. The van der Waals surface area contributed by atoms with E-state index in [1.54, 1.807) is 6.07 Å². The lowest BCUT2D eigenvalue weighted by molar-refractivity contribution is 0.0526. The Labute approximate surface area is 156 Å². The van der Waals surface area contributed by atoms with Crippen molar-refractivity contribution in [1.82, 2.24) is 9.55 Å². The number of hydrogen-bond acceptors (Lipinski definition) is 3. The van der Waals surface area contributed by atoms with Crippen LogP contribution in [-0.2, 0) is 17.7 Å². The second-order valence-electron chi connectivity index (χ2n) is 5.88. The van der Waals surface area contributed by atoms with Gasteiger partial charge in [-0.3, -0.25) is 0 Å². The zero-order valence-corrected chi connectivity index (χ0v) is 16.0. The van der Waals surface area contributed by atoms with Crippen LogP contribution in [0.25, 0.3) is 11.0 Å². The van der Waals surface area contributed by atoms with E-state index < -0.39 is 0 Å². The van der Waals surface area contributed by atoms with Crippen LogP contribution in [0, 0.1) is 0 Å². The predicted molar refractivity (Wildman–Crippen MR) is 103 cm³/mol. The molecule has 0 aliphatic carbocycles. The number of hydrogen-bond donors (Lipinski definition) is 0. The molecule has 25 heavy (non-hydrogen) atoms. The minimum Gasteiger partial charge on any atom is -0.462 e. The first-order chi connectivity index (χ1) is 12.1. The molecular weight excluding hydrogens is 380 g/mol. The van der Waals surface area contributed by atoms with Crippen LogP contribution in [0.4, 0.5) is 0 Å². The van der Waals surface area contributed by atoms with Crippen LogP contribution in [0.3, 0.4) is 0 Å². The van der Waals surface area contributed by atoms with Crippen molar-refractivity contribution >= 4 is 32.9 Å². The molecule has 0 fully saturated rings. The molecule has 0 saturated carbocycles. The summed E-state index contributed by atoms with van der Waals surface area (Å²) in [5.41, 5.74) is 3.61. The van der Waals surface area contributed by atoms with Gasteiger partial charge in [-0.05, 0) is 43.2 Å².